The van der Waals surface area contributed by atoms with Gasteiger partial charge in [-0.2, -0.15) is 4.31 Å². The molecule has 2 aliphatic heterocycles. The molecule has 2 aliphatic rings. The van der Waals surface area contributed by atoms with E-state index in [0.29, 0.717) is 18.7 Å². The Morgan fingerprint density at radius 3 is 2.63 bits per heavy atom. The molecular weight excluding hydrogens is 392 g/mol. The van der Waals surface area contributed by atoms with E-state index in [1.54, 1.807) is 17.0 Å². The number of hydrogen-bond donors (Lipinski definition) is 2. The molecule has 2 unspecified atom stereocenters. The van der Waals surface area contributed by atoms with Crippen molar-refractivity contribution in [2.75, 3.05) is 32.7 Å². The summed E-state index contributed by atoms with van der Waals surface area (Å²) < 4.78 is 26.8. The first-order valence-electron chi connectivity index (χ1n) is 8.72. The molecule has 0 aromatic heterocycles. The van der Waals surface area contributed by atoms with Gasteiger partial charge in [0.25, 0.3) is 5.91 Å². The van der Waals surface area contributed by atoms with Crippen LogP contribution in [0.25, 0.3) is 0 Å². The molecule has 2 heterocycles. The predicted octanol–water partition coefficient (Wildman–Crippen LogP) is 0.0513. The van der Waals surface area contributed by atoms with E-state index >= 15 is 0 Å². The van der Waals surface area contributed by atoms with Crippen LogP contribution in [0, 0.1) is 0 Å². The van der Waals surface area contributed by atoms with Gasteiger partial charge < -0.3 is 15.5 Å². The van der Waals surface area contributed by atoms with Crippen LogP contribution in [0.3, 0.4) is 0 Å². The lowest BCUT2D eigenvalue weighted by Gasteiger charge is -2.38. The van der Waals surface area contributed by atoms with E-state index in [1.165, 1.54) is 12.1 Å². The van der Waals surface area contributed by atoms with Gasteiger partial charge in [-0.1, -0.05) is 6.07 Å². The van der Waals surface area contributed by atoms with Crippen LogP contribution in [-0.2, 0) is 14.8 Å². The zero-order valence-corrected chi connectivity index (χ0v) is 17.0. The van der Waals surface area contributed by atoms with Crippen LogP contribution in [0.4, 0.5) is 0 Å². The molecule has 8 nitrogen and oxygen atoms in total. The number of rotatable bonds is 3. The van der Waals surface area contributed by atoms with E-state index in [-0.39, 0.29) is 60.8 Å². The third kappa shape index (κ3) is 4.43. The number of nitrogens with one attached hydrogen (secondary N) is 2. The van der Waals surface area contributed by atoms with Gasteiger partial charge >= 0.3 is 0 Å². The van der Waals surface area contributed by atoms with E-state index in [9.17, 15) is 18.0 Å². The minimum absolute atomic E-state index is 0. The quantitative estimate of drug-likeness (QED) is 0.725. The Kier molecular flexibility index (Phi) is 6.85. The summed E-state index contributed by atoms with van der Waals surface area (Å²) in [6, 6.07) is 6.25. The van der Waals surface area contributed by atoms with Crippen LogP contribution >= 0.6 is 12.4 Å². The summed E-state index contributed by atoms with van der Waals surface area (Å²) in [6.45, 7) is 5.58. The number of hydrogen-bond acceptors (Lipinski definition) is 5. The molecule has 2 atom stereocenters. The predicted molar refractivity (Wildman–Crippen MR) is 103 cm³/mol. The zero-order valence-electron chi connectivity index (χ0n) is 15.3. The molecule has 27 heavy (non-hydrogen) atoms. The lowest BCUT2D eigenvalue weighted by atomic mass is 10.1. The van der Waals surface area contributed by atoms with Crippen molar-refractivity contribution in [2.45, 2.75) is 30.8 Å². The minimum atomic E-state index is -3.82. The van der Waals surface area contributed by atoms with Gasteiger partial charge in [0.05, 0.1) is 11.4 Å². The fourth-order valence-electron chi connectivity index (χ4n) is 3.27. The fraction of sp³-hybridized carbons (Fsp3) is 0.529. The number of carbonyl (C=O) groups is 2. The molecule has 0 saturated carbocycles. The Hall–Kier alpha value is -1.68. The maximum atomic E-state index is 12.9. The van der Waals surface area contributed by atoms with Crippen molar-refractivity contribution in [3.8, 4) is 0 Å². The maximum absolute atomic E-state index is 12.9. The molecule has 1 aromatic carbocycles. The van der Waals surface area contributed by atoms with Gasteiger partial charge in [0.2, 0.25) is 15.9 Å². The van der Waals surface area contributed by atoms with Crippen molar-refractivity contribution >= 4 is 34.2 Å². The first kappa shape index (κ1) is 21.6. The number of benzene rings is 1. The number of halogens is 1. The molecule has 150 valence electrons. The zero-order chi connectivity index (χ0) is 18.9. The molecule has 1 aromatic rings. The maximum Gasteiger partial charge on any atom is 0.254 e. The molecule has 2 fully saturated rings. The lowest BCUT2D eigenvalue weighted by molar-refractivity contribution is -0.122. The Bertz CT molecular complexity index is 817. The Morgan fingerprint density at radius 2 is 1.93 bits per heavy atom. The van der Waals surface area contributed by atoms with Crippen molar-refractivity contribution in [1.82, 2.24) is 19.8 Å². The topological polar surface area (TPSA) is 98.8 Å². The fourth-order valence-corrected chi connectivity index (χ4v) is 4.71. The highest BCUT2D eigenvalue weighted by Gasteiger charge is 2.32. The highest BCUT2D eigenvalue weighted by Crippen LogP contribution is 2.20. The van der Waals surface area contributed by atoms with Crippen molar-refractivity contribution in [2.24, 2.45) is 0 Å². The third-order valence-electron chi connectivity index (χ3n) is 5.02. The summed E-state index contributed by atoms with van der Waals surface area (Å²) >= 11 is 0. The minimum Gasteiger partial charge on any atom is -0.354 e. The normalized spacial score (nSPS) is 24.1. The second-order valence-corrected chi connectivity index (χ2v) is 8.64. The van der Waals surface area contributed by atoms with Crippen LogP contribution in [0.2, 0.25) is 0 Å². The highest BCUT2D eigenvalue weighted by atomic mass is 35.5. The second-order valence-electron chi connectivity index (χ2n) is 6.70. The summed E-state index contributed by atoms with van der Waals surface area (Å²) in [5.74, 6) is -0.505. The van der Waals surface area contributed by atoms with E-state index in [2.05, 4.69) is 10.6 Å². The average Bonchev–Trinajstić information content (AvgIpc) is 2.63. The van der Waals surface area contributed by atoms with Crippen molar-refractivity contribution < 1.29 is 18.0 Å². The van der Waals surface area contributed by atoms with Crippen LogP contribution < -0.4 is 10.6 Å². The average molecular weight is 417 g/mol. The van der Waals surface area contributed by atoms with E-state index in [0.717, 1.165) is 4.31 Å². The molecule has 0 spiro atoms. The van der Waals surface area contributed by atoms with Gasteiger partial charge in [-0.25, -0.2) is 8.42 Å². The van der Waals surface area contributed by atoms with Gasteiger partial charge in [0.15, 0.2) is 0 Å². The van der Waals surface area contributed by atoms with Crippen LogP contribution in [-0.4, -0.2) is 74.2 Å². The van der Waals surface area contributed by atoms with Crippen molar-refractivity contribution in [3.05, 3.63) is 29.8 Å². The third-order valence-corrected chi connectivity index (χ3v) is 6.86. The smallest absolute Gasteiger partial charge is 0.254 e. The molecule has 0 radical (unpaired) electrons. The van der Waals surface area contributed by atoms with E-state index < -0.39 is 10.0 Å². The second kappa shape index (κ2) is 8.55. The Balaban J connectivity index is 0.00000261. The number of carbonyl (C=O) groups excluding carboxylic acids is 2. The van der Waals surface area contributed by atoms with Crippen LogP contribution in [0.5, 0.6) is 0 Å². The molecule has 3 rings (SSSR count). The first-order valence-corrected chi connectivity index (χ1v) is 10.2. The Labute approximate surface area is 165 Å². The molecule has 0 aliphatic carbocycles. The first-order chi connectivity index (χ1) is 12.3. The van der Waals surface area contributed by atoms with Crippen LogP contribution in [0.1, 0.15) is 24.2 Å². The SMILES string of the molecule is CC1NCCN(C(=O)c2cccc(S(=O)(=O)N3CCNC(=O)C3)c2)C1C.Cl. The van der Waals surface area contributed by atoms with Gasteiger partial charge in [-0.15, -0.1) is 12.4 Å². The molecule has 10 heteroatoms. The number of piperazine rings is 2. The van der Waals surface area contributed by atoms with Crippen molar-refractivity contribution in [1.29, 1.82) is 0 Å². The highest BCUT2D eigenvalue weighted by molar-refractivity contribution is 7.89. The molecule has 2 N–H and O–H groups in total. The lowest BCUT2D eigenvalue weighted by Crippen LogP contribution is -2.57. The Morgan fingerprint density at radius 1 is 1.19 bits per heavy atom. The van der Waals surface area contributed by atoms with E-state index in [4.69, 9.17) is 0 Å². The molecule has 0 bridgehead atoms. The standard InChI is InChI=1S/C17H24N4O4S.ClH/c1-12-13(2)21(9-7-18-12)17(23)14-4-3-5-15(10-14)26(24,25)20-8-6-19-16(22)11-20;/h3-5,10,12-13,18H,6-9,11H2,1-2H3,(H,19,22);1H. The number of sulfonamides is 1. The molecule has 2 amide bonds. The summed E-state index contributed by atoms with van der Waals surface area (Å²) in [5, 5.41) is 5.92. The van der Waals surface area contributed by atoms with Crippen molar-refractivity contribution in [3.63, 3.8) is 0 Å². The van der Waals surface area contributed by atoms with E-state index in [1.807, 2.05) is 13.8 Å². The monoisotopic (exact) mass is 416 g/mol. The summed E-state index contributed by atoms with van der Waals surface area (Å²) in [4.78, 5) is 26.2. The summed E-state index contributed by atoms with van der Waals surface area (Å²) in [5.41, 5.74) is 0.341. The van der Waals surface area contributed by atoms with Crippen LogP contribution in [0.15, 0.2) is 29.2 Å². The summed E-state index contributed by atoms with van der Waals surface area (Å²) in [6.07, 6.45) is 0. The van der Waals surface area contributed by atoms with Gasteiger partial charge in [-0.05, 0) is 32.0 Å². The largest absolute Gasteiger partial charge is 0.354 e. The molecule has 2 saturated heterocycles. The number of amides is 2. The van der Waals surface area contributed by atoms with Gasteiger partial charge in [0.1, 0.15) is 0 Å². The summed E-state index contributed by atoms with van der Waals surface area (Å²) in [7, 11) is -3.82. The van der Waals surface area contributed by atoms with Gasteiger partial charge in [0, 0.05) is 43.8 Å². The van der Waals surface area contributed by atoms with Gasteiger partial charge in [-0.3, -0.25) is 9.59 Å². The molecular formula is C17H25ClN4O4S. The number of nitrogens with zero attached hydrogens (tertiary/aromatic N) is 2.